The summed E-state index contributed by atoms with van der Waals surface area (Å²) >= 11 is 1.79. The summed E-state index contributed by atoms with van der Waals surface area (Å²) < 4.78 is 2.19. The number of nitrogens with zero attached hydrogens (tertiary/aromatic N) is 5. The minimum Gasteiger partial charge on any atom is -0.357 e. The summed E-state index contributed by atoms with van der Waals surface area (Å²) in [6.07, 6.45) is 7.81. The number of hydrogen-bond acceptors (Lipinski definition) is 4. The van der Waals surface area contributed by atoms with Crippen molar-refractivity contribution in [1.29, 1.82) is 0 Å². The molecule has 0 aromatic carbocycles. The third-order valence-corrected chi connectivity index (χ3v) is 7.01. The van der Waals surface area contributed by atoms with Crippen molar-refractivity contribution in [1.82, 2.24) is 24.7 Å². The molecule has 2 atom stereocenters. The van der Waals surface area contributed by atoms with Crippen molar-refractivity contribution in [2.24, 2.45) is 10.9 Å². The van der Waals surface area contributed by atoms with Crippen LogP contribution < -0.4 is 5.32 Å². The smallest absolute Gasteiger partial charge is 0.244 e. The van der Waals surface area contributed by atoms with Crippen LogP contribution in [0.25, 0.3) is 0 Å². The topological polar surface area (TPSA) is 65.8 Å². The van der Waals surface area contributed by atoms with E-state index in [1.54, 1.807) is 11.3 Å². The maximum atomic E-state index is 12.8. The maximum absolute atomic E-state index is 12.8. The van der Waals surface area contributed by atoms with Crippen molar-refractivity contribution in [3.05, 3.63) is 40.6 Å². The first-order chi connectivity index (χ1) is 14.2. The average Bonchev–Trinajstić information content (AvgIpc) is 3.42. The summed E-state index contributed by atoms with van der Waals surface area (Å²) in [7, 11) is 0. The Morgan fingerprint density at radius 3 is 3.00 bits per heavy atom. The van der Waals surface area contributed by atoms with E-state index in [1.807, 2.05) is 23.6 Å². The van der Waals surface area contributed by atoms with Gasteiger partial charge in [-0.2, -0.15) is 0 Å². The van der Waals surface area contributed by atoms with Crippen molar-refractivity contribution in [2.75, 3.05) is 32.7 Å². The molecule has 0 saturated carbocycles. The molecule has 0 bridgehead atoms. The van der Waals surface area contributed by atoms with Crippen LogP contribution in [0.1, 0.15) is 36.8 Å². The van der Waals surface area contributed by atoms with E-state index in [4.69, 9.17) is 4.99 Å². The van der Waals surface area contributed by atoms with Crippen LogP contribution >= 0.6 is 35.3 Å². The van der Waals surface area contributed by atoms with Gasteiger partial charge in [0.15, 0.2) is 5.96 Å². The van der Waals surface area contributed by atoms with Crippen LogP contribution in [0.5, 0.6) is 0 Å². The summed E-state index contributed by atoms with van der Waals surface area (Å²) in [6.45, 7) is 8.69. The quantitative estimate of drug-likeness (QED) is 0.367. The van der Waals surface area contributed by atoms with E-state index in [0.29, 0.717) is 18.5 Å². The Kier molecular flexibility index (Phi) is 8.15. The molecule has 2 aromatic heterocycles. The molecule has 0 aliphatic carbocycles. The molecular formula is C21H31IN6OS. The summed E-state index contributed by atoms with van der Waals surface area (Å²) in [4.78, 5) is 27.4. The Hall–Kier alpha value is -1.62. The van der Waals surface area contributed by atoms with Gasteiger partial charge in [-0.05, 0) is 42.7 Å². The molecule has 7 nitrogen and oxygen atoms in total. The third kappa shape index (κ3) is 5.16. The minimum atomic E-state index is 0. The monoisotopic (exact) mass is 542 g/mol. The number of aliphatic imine (C=N–C) groups is 1. The van der Waals surface area contributed by atoms with Crippen molar-refractivity contribution in [3.8, 4) is 0 Å². The Bertz CT molecular complexity index is 852. The Morgan fingerprint density at radius 2 is 2.23 bits per heavy atom. The van der Waals surface area contributed by atoms with E-state index in [9.17, 15) is 4.79 Å². The number of thiophene rings is 1. The zero-order valence-corrected chi connectivity index (χ0v) is 20.8. The van der Waals surface area contributed by atoms with Gasteiger partial charge in [-0.1, -0.05) is 6.92 Å². The number of amides is 1. The van der Waals surface area contributed by atoms with Gasteiger partial charge in [0.25, 0.3) is 0 Å². The molecule has 1 N–H and O–H groups in total. The predicted molar refractivity (Wildman–Crippen MR) is 131 cm³/mol. The van der Waals surface area contributed by atoms with Gasteiger partial charge in [0.05, 0.1) is 12.4 Å². The van der Waals surface area contributed by atoms with E-state index >= 15 is 0 Å². The highest BCUT2D eigenvalue weighted by Crippen LogP contribution is 2.27. The van der Waals surface area contributed by atoms with E-state index in [1.165, 1.54) is 10.4 Å². The van der Waals surface area contributed by atoms with Crippen molar-refractivity contribution in [2.45, 2.75) is 39.3 Å². The van der Waals surface area contributed by atoms with Crippen LogP contribution in [0.2, 0.25) is 0 Å². The molecule has 9 heteroatoms. The van der Waals surface area contributed by atoms with Gasteiger partial charge >= 0.3 is 0 Å². The van der Waals surface area contributed by atoms with E-state index in [0.717, 1.165) is 45.0 Å². The first-order valence-electron chi connectivity index (χ1n) is 10.5. The number of nitrogens with one attached hydrogen (secondary N) is 1. The predicted octanol–water partition coefficient (Wildman–Crippen LogP) is 3.00. The Balaban J connectivity index is 0.00000256. The standard InChI is InChI=1S/C21H30N6OS.HI/c1-3-23-21(26-8-4-16(2)18(14-26)27-10-7-22-15-27)24-12-20(28)25-9-5-19-17(13-25)6-11-29-19;/h6-7,10-11,15-16,18H,3-5,8-9,12-14H2,1-2H3,(H,23,24);1H. The molecule has 1 fully saturated rings. The van der Waals surface area contributed by atoms with Crippen molar-refractivity contribution in [3.63, 3.8) is 0 Å². The number of imidazole rings is 1. The number of piperidine rings is 1. The molecule has 2 aliphatic heterocycles. The first-order valence-corrected chi connectivity index (χ1v) is 11.4. The molecule has 1 amide bonds. The number of hydrogen-bond donors (Lipinski definition) is 1. The summed E-state index contributed by atoms with van der Waals surface area (Å²) in [5, 5.41) is 5.50. The van der Waals surface area contributed by atoms with Crippen LogP contribution in [0, 0.1) is 5.92 Å². The molecule has 2 aromatic rings. The summed E-state index contributed by atoms with van der Waals surface area (Å²) in [6, 6.07) is 2.50. The lowest BCUT2D eigenvalue weighted by molar-refractivity contribution is -0.130. The third-order valence-electron chi connectivity index (χ3n) is 5.99. The molecule has 2 aliphatic rings. The van der Waals surface area contributed by atoms with Gasteiger partial charge in [-0.15, -0.1) is 35.3 Å². The lowest BCUT2D eigenvalue weighted by Gasteiger charge is -2.39. The fourth-order valence-corrected chi connectivity index (χ4v) is 5.11. The van der Waals surface area contributed by atoms with Crippen LogP contribution in [-0.2, 0) is 17.8 Å². The average molecular weight is 542 g/mol. The molecule has 0 spiro atoms. The number of rotatable bonds is 4. The van der Waals surface area contributed by atoms with Gasteiger partial charge in [0, 0.05) is 50.0 Å². The van der Waals surface area contributed by atoms with Gasteiger partial charge in [-0.25, -0.2) is 9.98 Å². The maximum Gasteiger partial charge on any atom is 0.244 e. The normalized spacial score (nSPS) is 21.7. The molecule has 4 heterocycles. The molecule has 0 radical (unpaired) electrons. The summed E-state index contributed by atoms with van der Waals surface area (Å²) in [5.41, 5.74) is 1.29. The molecule has 164 valence electrons. The number of carbonyl (C=O) groups excluding carboxylic acids is 1. The fraction of sp³-hybridized carbons (Fsp3) is 0.571. The molecule has 30 heavy (non-hydrogen) atoms. The van der Waals surface area contributed by atoms with E-state index < -0.39 is 0 Å². The molecule has 1 saturated heterocycles. The van der Waals surface area contributed by atoms with Crippen LogP contribution in [0.4, 0.5) is 0 Å². The Morgan fingerprint density at radius 1 is 1.37 bits per heavy atom. The van der Waals surface area contributed by atoms with Gasteiger partial charge < -0.3 is 19.7 Å². The minimum absolute atomic E-state index is 0. The number of aromatic nitrogens is 2. The second-order valence-corrected chi connectivity index (χ2v) is 8.89. The number of likely N-dealkylation sites (tertiary alicyclic amines) is 1. The van der Waals surface area contributed by atoms with Gasteiger partial charge in [0.1, 0.15) is 6.54 Å². The number of fused-ring (bicyclic) bond motifs is 1. The van der Waals surface area contributed by atoms with Gasteiger partial charge in [0.2, 0.25) is 5.91 Å². The zero-order valence-electron chi connectivity index (χ0n) is 17.7. The van der Waals surface area contributed by atoms with E-state index in [2.05, 4.69) is 45.1 Å². The molecule has 4 rings (SSSR count). The number of guanidine groups is 1. The lowest BCUT2D eigenvalue weighted by atomic mass is 9.93. The van der Waals surface area contributed by atoms with E-state index in [-0.39, 0.29) is 36.4 Å². The SMILES string of the molecule is CCNC(=NCC(=O)N1CCc2sccc2C1)N1CCC(C)C(n2ccnc2)C1.I. The highest BCUT2D eigenvalue weighted by molar-refractivity contribution is 14.0. The second kappa shape index (κ2) is 10.6. The zero-order chi connectivity index (χ0) is 20.2. The Labute approximate surface area is 199 Å². The lowest BCUT2D eigenvalue weighted by Crippen LogP contribution is -2.49. The number of carbonyl (C=O) groups is 1. The van der Waals surface area contributed by atoms with Crippen molar-refractivity contribution < 1.29 is 4.79 Å². The fourth-order valence-electron chi connectivity index (χ4n) is 4.22. The summed E-state index contributed by atoms with van der Waals surface area (Å²) in [5.74, 6) is 1.53. The first kappa shape index (κ1) is 23.1. The molecular weight excluding hydrogens is 511 g/mol. The largest absolute Gasteiger partial charge is 0.357 e. The highest BCUT2D eigenvalue weighted by atomic mass is 127. The highest BCUT2D eigenvalue weighted by Gasteiger charge is 2.29. The van der Waals surface area contributed by atoms with Crippen LogP contribution in [0.15, 0.2) is 35.2 Å². The molecule has 2 unspecified atom stereocenters. The van der Waals surface area contributed by atoms with Crippen LogP contribution in [0.3, 0.4) is 0 Å². The van der Waals surface area contributed by atoms with Crippen LogP contribution in [-0.4, -0.2) is 63.9 Å². The second-order valence-electron chi connectivity index (χ2n) is 7.89. The van der Waals surface area contributed by atoms with Gasteiger partial charge in [-0.3, -0.25) is 4.79 Å². The van der Waals surface area contributed by atoms with Crippen molar-refractivity contribution >= 4 is 47.2 Å². The number of halogens is 1.